The Hall–Kier alpha value is -1.24. The molecule has 1 heteroatoms. The molecule has 0 amide bonds. The summed E-state index contributed by atoms with van der Waals surface area (Å²) in [7, 11) is 0. The summed E-state index contributed by atoms with van der Waals surface area (Å²) in [5.74, 6) is 0. The minimum absolute atomic E-state index is 0.983. The minimum atomic E-state index is 0.983. The predicted octanol–water partition coefficient (Wildman–Crippen LogP) is 2.55. The van der Waals surface area contributed by atoms with Crippen molar-refractivity contribution < 1.29 is 0 Å². The van der Waals surface area contributed by atoms with Crippen LogP contribution >= 0.6 is 0 Å². The van der Waals surface area contributed by atoms with Crippen LogP contribution in [0.5, 0.6) is 0 Å². The Bertz CT molecular complexity index is 231. The standard InChI is InChI=1S/C11H15N/c1-2-3-4-5-7-11-8-6-9-12-10-11/h2-6,8-9,12H,7,10H2,1H3/b3-2-,5-4-. The first kappa shape index (κ1) is 8.85. The third-order valence-electron chi connectivity index (χ3n) is 1.69. The molecule has 0 unspecified atom stereocenters. The quantitative estimate of drug-likeness (QED) is 0.627. The van der Waals surface area contributed by atoms with E-state index in [2.05, 4.69) is 23.5 Å². The van der Waals surface area contributed by atoms with E-state index in [1.54, 1.807) is 0 Å². The molecule has 0 aromatic carbocycles. The molecule has 0 bridgehead atoms. The summed E-state index contributed by atoms with van der Waals surface area (Å²) in [6.07, 6.45) is 15.6. The molecule has 0 aromatic heterocycles. The Kier molecular flexibility index (Phi) is 4.00. The maximum atomic E-state index is 3.17. The lowest BCUT2D eigenvalue weighted by molar-refractivity contribution is 0.895. The molecule has 0 radical (unpaired) electrons. The van der Waals surface area contributed by atoms with Gasteiger partial charge in [-0.1, -0.05) is 30.4 Å². The van der Waals surface area contributed by atoms with Gasteiger partial charge >= 0.3 is 0 Å². The highest BCUT2D eigenvalue weighted by Gasteiger charge is 1.94. The summed E-state index contributed by atoms with van der Waals surface area (Å²) in [6.45, 7) is 3.01. The van der Waals surface area contributed by atoms with Crippen LogP contribution < -0.4 is 5.32 Å². The van der Waals surface area contributed by atoms with E-state index >= 15 is 0 Å². The van der Waals surface area contributed by atoms with Gasteiger partial charge in [0.1, 0.15) is 0 Å². The summed E-state index contributed by atoms with van der Waals surface area (Å²) < 4.78 is 0. The maximum Gasteiger partial charge on any atom is 0.0360 e. The zero-order valence-corrected chi connectivity index (χ0v) is 7.46. The van der Waals surface area contributed by atoms with Gasteiger partial charge in [-0.25, -0.2) is 0 Å². The topological polar surface area (TPSA) is 12.0 Å². The van der Waals surface area contributed by atoms with Crippen molar-refractivity contribution in [2.45, 2.75) is 13.3 Å². The van der Waals surface area contributed by atoms with E-state index < -0.39 is 0 Å². The summed E-state index contributed by atoms with van der Waals surface area (Å²) in [5, 5.41) is 3.17. The third-order valence-corrected chi connectivity index (χ3v) is 1.69. The van der Waals surface area contributed by atoms with Crippen LogP contribution in [0, 0.1) is 0 Å². The molecule has 1 aliphatic rings. The fraction of sp³-hybridized carbons (Fsp3) is 0.273. The highest BCUT2D eigenvalue weighted by molar-refractivity contribution is 5.21. The van der Waals surface area contributed by atoms with Crippen molar-refractivity contribution in [2.24, 2.45) is 0 Å². The first-order valence-electron chi connectivity index (χ1n) is 4.29. The molecule has 1 N–H and O–H groups in total. The smallest absolute Gasteiger partial charge is 0.0360 e. The van der Waals surface area contributed by atoms with E-state index in [0.29, 0.717) is 0 Å². The second-order valence-electron chi connectivity index (χ2n) is 2.72. The lowest BCUT2D eigenvalue weighted by atomic mass is 10.1. The average molecular weight is 161 g/mol. The molecule has 0 aromatic rings. The van der Waals surface area contributed by atoms with Gasteiger partial charge < -0.3 is 5.32 Å². The van der Waals surface area contributed by atoms with E-state index in [0.717, 1.165) is 13.0 Å². The monoisotopic (exact) mass is 161 g/mol. The third kappa shape index (κ3) is 3.24. The van der Waals surface area contributed by atoms with Crippen molar-refractivity contribution in [3.05, 3.63) is 48.2 Å². The fourth-order valence-corrected chi connectivity index (χ4v) is 1.05. The number of allylic oxidation sites excluding steroid dienone is 6. The molecule has 0 saturated carbocycles. The molecule has 1 aliphatic heterocycles. The van der Waals surface area contributed by atoms with Crippen LogP contribution in [-0.4, -0.2) is 6.54 Å². The normalized spacial score (nSPS) is 16.9. The molecule has 0 aliphatic carbocycles. The number of hydrogen-bond acceptors (Lipinski definition) is 1. The number of dihydropyridines is 1. The average Bonchev–Trinajstić information content (AvgIpc) is 2.14. The van der Waals surface area contributed by atoms with Gasteiger partial charge in [0.2, 0.25) is 0 Å². The number of hydrogen-bond donors (Lipinski definition) is 1. The molecule has 1 heterocycles. The number of rotatable bonds is 3. The lowest BCUT2D eigenvalue weighted by Gasteiger charge is -2.07. The summed E-state index contributed by atoms with van der Waals surface area (Å²) in [6, 6.07) is 0. The Balaban J connectivity index is 2.31. The van der Waals surface area contributed by atoms with Crippen molar-refractivity contribution in [3.63, 3.8) is 0 Å². The summed E-state index contributed by atoms with van der Waals surface area (Å²) >= 11 is 0. The van der Waals surface area contributed by atoms with Gasteiger partial charge in [0, 0.05) is 6.54 Å². The first-order chi connectivity index (χ1) is 5.93. The molecule has 0 fully saturated rings. The molecular weight excluding hydrogens is 146 g/mol. The van der Waals surface area contributed by atoms with E-state index in [4.69, 9.17) is 0 Å². The summed E-state index contributed by atoms with van der Waals surface area (Å²) in [4.78, 5) is 0. The van der Waals surface area contributed by atoms with Crippen LogP contribution in [0.2, 0.25) is 0 Å². The van der Waals surface area contributed by atoms with Gasteiger partial charge in [-0.2, -0.15) is 0 Å². The SMILES string of the molecule is C/C=C\C=C/CC1=CC=CNC1. The first-order valence-corrected chi connectivity index (χ1v) is 4.29. The van der Waals surface area contributed by atoms with E-state index in [1.807, 2.05) is 31.4 Å². The Labute approximate surface area is 74.2 Å². The van der Waals surface area contributed by atoms with Gasteiger partial charge in [-0.05, 0) is 31.2 Å². The molecular formula is C11H15N. The Morgan fingerprint density at radius 2 is 2.42 bits per heavy atom. The summed E-state index contributed by atoms with van der Waals surface area (Å²) in [5.41, 5.74) is 1.43. The van der Waals surface area contributed by atoms with Crippen molar-refractivity contribution >= 4 is 0 Å². The van der Waals surface area contributed by atoms with Crippen LogP contribution in [0.15, 0.2) is 48.2 Å². The zero-order chi connectivity index (χ0) is 8.65. The van der Waals surface area contributed by atoms with E-state index in [-0.39, 0.29) is 0 Å². The maximum absolute atomic E-state index is 3.17. The highest BCUT2D eigenvalue weighted by atomic mass is 14.8. The van der Waals surface area contributed by atoms with Crippen LogP contribution in [0.3, 0.4) is 0 Å². The van der Waals surface area contributed by atoms with Gasteiger partial charge in [0.25, 0.3) is 0 Å². The molecule has 0 saturated heterocycles. The predicted molar refractivity (Wildman–Crippen MR) is 53.8 cm³/mol. The minimum Gasteiger partial charge on any atom is -0.387 e. The zero-order valence-electron chi connectivity index (χ0n) is 7.46. The number of nitrogens with one attached hydrogen (secondary N) is 1. The Morgan fingerprint density at radius 3 is 3.08 bits per heavy atom. The molecule has 12 heavy (non-hydrogen) atoms. The Morgan fingerprint density at radius 1 is 1.50 bits per heavy atom. The highest BCUT2D eigenvalue weighted by Crippen LogP contribution is 2.04. The van der Waals surface area contributed by atoms with Gasteiger partial charge in [-0.15, -0.1) is 0 Å². The molecule has 1 nitrogen and oxygen atoms in total. The fourth-order valence-electron chi connectivity index (χ4n) is 1.05. The molecule has 1 rings (SSSR count). The van der Waals surface area contributed by atoms with E-state index in [1.165, 1.54) is 5.57 Å². The van der Waals surface area contributed by atoms with Crippen LogP contribution in [-0.2, 0) is 0 Å². The lowest BCUT2D eigenvalue weighted by Crippen LogP contribution is -2.11. The second-order valence-corrected chi connectivity index (χ2v) is 2.72. The van der Waals surface area contributed by atoms with Crippen molar-refractivity contribution in [1.82, 2.24) is 5.32 Å². The van der Waals surface area contributed by atoms with E-state index in [9.17, 15) is 0 Å². The van der Waals surface area contributed by atoms with Crippen molar-refractivity contribution in [2.75, 3.05) is 6.54 Å². The molecule has 64 valence electrons. The van der Waals surface area contributed by atoms with Crippen LogP contribution in [0.4, 0.5) is 0 Å². The van der Waals surface area contributed by atoms with Crippen LogP contribution in [0.1, 0.15) is 13.3 Å². The van der Waals surface area contributed by atoms with Gasteiger partial charge in [0.15, 0.2) is 0 Å². The second kappa shape index (κ2) is 5.42. The van der Waals surface area contributed by atoms with Crippen molar-refractivity contribution in [3.8, 4) is 0 Å². The molecule has 0 atom stereocenters. The van der Waals surface area contributed by atoms with Crippen molar-refractivity contribution in [1.29, 1.82) is 0 Å². The van der Waals surface area contributed by atoms with Gasteiger partial charge in [-0.3, -0.25) is 0 Å². The molecule has 0 spiro atoms. The van der Waals surface area contributed by atoms with Crippen LogP contribution in [0.25, 0.3) is 0 Å². The van der Waals surface area contributed by atoms with Gasteiger partial charge in [0.05, 0.1) is 0 Å². The largest absolute Gasteiger partial charge is 0.387 e.